The number of carbonyl (C=O) groups is 1. The SMILES string of the molecule is COc1ccc2oc(C(=O)OCc3nc(N)nc(N)n3)c(C)c2c1. The molecule has 1 aromatic carbocycles. The molecule has 2 aromatic heterocycles. The lowest BCUT2D eigenvalue weighted by Crippen LogP contribution is -2.11. The van der Waals surface area contributed by atoms with E-state index >= 15 is 0 Å². The summed E-state index contributed by atoms with van der Waals surface area (Å²) in [5.74, 6) is 0.209. The molecule has 124 valence electrons. The average Bonchev–Trinajstić information content (AvgIpc) is 2.88. The first kappa shape index (κ1) is 15.5. The molecule has 0 aliphatic heterocycles. The maximum atomic E-state index is 12.3. The molecule has 2 heterocycles. The molecule has 0 aliphatic carbocycles. The van der Waals surface area contributed by atoms with Gasteiger partial charge in [-0.15, -0.1) is 0 Å². The van der Waals surface area contributed by atoms with Crippen molar-refractivity contribution in [2.24, 2.45) is 0 Å². The lowest BCUT2D eigenvalue weighted by atomic mass is 10.1. The maximum absolute atomic E-state index is 12.3. The molecule has 0 amide bonds. The molecule has 0 spiro atoms. The molecule has 24 heavy (non-hydrogen) atoms. The van der Waals surface area contributed by atoms with Crippen LogP contribution in [0.15, 0.2) is 22.6 Å². The third kappa shape index (κ3) is 2.91. The van der Waals surface area contributed by atoms with E-state index in [9.17, 15) is 4.79 Å². The molecule has 0 aliphatic rings. The van der Waals surface area contributed by atoms with Crippen molar-refractivity contribution in [2.75, 3.05) is 18.6 Å². The number of furan rings is 1. The minimum Gasteiger partial charge on any atom is -0.497 e. The Balaban J connectivity index is 1.82. The molecule has 3 rings (SSSR count). The van der Waals surface area contributed by atoms with Gasteiger partial charge in [0.05, 0.1) is 7.11 Å². The molecular formula is C15H15N5O4. The van der Waals surface area contributed by atoms with Crippen LogP contribution in [0.1, 0.15) is 21.9 Å². The fraction of sp³-hybridized carbons (Fsp3) is 0.200. The number of carbonyl (C=O) groups excluding carboxylic acids is 1. The van der Waals surface area contributed by atoms with Crippen LogP contribution in [0.5, 0.6) is 5.75 Å². The van der Waals surface area contributed by atoms with Gasteiger partial charge in [-0.3, -0.25) is 0 Å². The number of nitrogens with zero attached hydrogens (tertiary/aromatic N) is 3. The number of methoxy groups -OCH3 is 1. The molecule has 0 bridgehead atoms. The molecule has 0 saturated carbocycles. The van der Waals surface area contributed by atoms with Crippen molar-refractivity contribution in [3.05, 3.63) is 35.3 Å². The van der Waals surface area contributed by atoms with E-state index in [2.05, 4.69) is 15.0 Å². The van der Waals surface area contributed by atoms with Gasteiger partial charge in [0.1, 0.15) is 11.3 Å². The number of fused-ring (bicyclic) bond motifs is 1. The van der Waals surface area contributed by atoms with Crippen molar-refractivity contribution in [3.8, 4) is 5.75 Å². The summed E-state index contributed by atoms with van der Waals surface area (Å²) in [6.45, 7) is 1.57. The van der Waals surface area contributed by atoms with Gasteiger partial charge in [-0.2, -0.15) is 15.0 Å². The molecule has 3 aromatic rings. The number of aryl methyl sites for hydroxylation is 1. The Morgan fingerprint density at radius 2 is 1.92 bits per heavy atom. The van der Waals surface area contributed by atoms with Crippen molar-refractivity contribution in [1.29, 1.82) is 0 Å². The highest BCUT2D eigenvalue weighted by atomic mass is 16.5. The quantitative estimate of drug-likeness (QED) is 0.680. The first-order chi connectivity index (χ1) is 11.5. The zero-order valence-corrected chi connectivity index (χ0v) is 13.1. The number of anilines is 2. The van der Waals surface area contributed by atoms with Crippen LogP contribution in [0.4, 0.5) is 11.9 Å². The fourth-order valence-corrected chi connectivity index (χ4v) is 2.24. The summed E-state index contributed by atoms with van der Waals surface area (Å²) in [6.07, 6.45) is 0. The van der Waals surface area contributed by atoms with E-state index < -0.39 is 5.97 Å². The molecule has 9 heteroatoms. The predicted molar refractivity (Wildman–Crippen MR) is 85.3 cm³/mol. The first-order valence-corrected chi connectivity index (χ1v) is 6.98. The van der Waals surface area contributed by atoms with E-state index in [1.165, 1.54) is 0 Å². The second kappa shape index (κ2) is 6.03. The zero-order valence-electron chi connectivity index (χ0n) is 13.1. The summed E-state index contributed by atoms with van der Waals surface area (Å²) in [4.78, 5) is 23.6. The first-order valence-electron chi connectivity index (χ1n) is 6.98. The van der Waals surface area contributed by atoms with Gasteiger partial charge in [-0.05, 0) is 25.1 Å². The molecule has 0 radical (unpaired) electrons. The standard InChI is InChI=1S/C15H15N5O4/c1-7-9-5-8(22-2)3-4-10(9)24-12(7)13(21)23-6-11-18-14(16)20-15(17)19-11/h3-5H,6H2,1-2H3,(H4,16,17,18,19,20). The molecule has 0 unspecified atom stereocenters. The monoisotopic (exact) mass is 329 g/mol. The van der Waals surface area contributed by atoms with Crippen molar-refractivity contribution in [1.82, 2.24) is 15.0 Å². The number of benzene rings is 1. The van der Waals surface area contributed by atoms with Gasteiger partial charge in [-0.25, -0.2) is 4.79 Å². The Morgan fingerprint density at radius 1 is 1.21 bits per heavy atom. The Hall–Kier alpha value is -3.36. The van der Waals surface area contributed by atoms with Crippen LogP contribution < -0.4 is 16.2 Å². The number of hydrogen-bond acceptors (Lipinski definition) is 9. The number of esters is 1. The van der Waals surface area contributed by atoms with Crippen LogP contribution in [0.2, 0.25) is 0 Å². The summed E-state index contributed by atoms with van der Waals surface area (Å²) in [7, 11) is 1.57. The minimum atomic E-state index is -0.639. The molecule has 0 fully saturated rings. The van der Waals surface area contributed by atoms with E-state index in [0.29, 0.717) is 16.9 Å². The number of nitrogen functional groups attached to an aromatic ring is 2. The summed E-state index contributed by atoms with van der Waals surface area (Å²) < 4.78 is 15.9. The predicted octanol–water partition coefficient (Wildman–Crippen LogP) is 1.46. The Morgan fingerprint density at radius 3 is 2.58 bits per heavy atom. The third-order valence-corrected chi connectivity index (χ3v) is 3.38. The van der Waals surface area contributed by atoms with E-state index in [-0.39, 0.29) is 30.1 Å². The van der Waals surface area contributed by atoms with Gasteiger partial charge in [0, 0.05) is 10.9 Å². The van der Waals surface area contributed by atoms with Gasteiger partial charge in [-0.1, -0.05) is 0 Å². The molecule has 0 atom stereocenters. The van der Waals surface area contributed by atoms with Crippen molar-refractivity contribution >= 4 is 28.8 Å². The van der Waals surface area contributed by atoms with Crippen LogP contribution >= 0.6 is 0 Å². The summed E-state index contributed by atoms with van der Waals surface area (Å²) in [6, 6.07) is 5.26. The van der Waals surface area contributed by atoms with E-state index in [4.69, 9.17) is 25.4 Å². The largest absolute Gasteiger partial charge is 0.497 e. The summed E-state index contributed by atoms with van der Waals surface area (Å²) in [5.41, 5.74) is 12.2. The number of hydrogen-bond donors (Lipinski definition) is 2. The fourth-order valence-electron chi connectivity index (χ4n) is 2.24. The number of rotatable bonds is 4. The molecular weight excluding hydrogens is 314 g/mol. The van der Waals surface area contributed by atoms with Gasteiger partial charge in [0.25, 0.3) is 0 Å². The lowest BCUT2D eigenvalue weighted by Gasteiger charge is -2.03. The Bertz CT molecular complexity index is 901. The van der Waals surface area contributed by atoms with Gasteiger partial charge in [0.15, 0.2) is 12.4 Å². The third-order valence-electron chi connectivity index (χ3n) is 3.38. The van der Waals surface area contributed by atoms with E-state index in [0.717, 1.165) is 5.39 Å². The minimum absolute atomic E-state index is 0.0411. The molecule has 0 saturated heterocycles. The number of nitrogens with two attached hydrogens (primary N) is 2. The lowest BCUT2D eigenvalue weighted by molar-refractivity contribution is 0.0427. The van der Waals surface area contributed by atoms with Crippen LogP contribution in [-0.4, -0.2) is 28.0 Å². The Kier molecular flexibility index (Phi) is 3.90. The zero-order chi connectivity index (χ0) is 17.3. The maximum Gasteiger partial charge on any atom is 0.375 e. The topological polar surface area (TPSA) is 139 Å². The van der Waals surface area contributed by atoms with E-state index in [1.54, 1.807) is 32.2 Å². The highest BCUT2D eigenvalue weighted by Crippen LogP contribution is 2.29. The van der Waals surface area contributed by atoms with Crippen molar-refractivity contribution in [2.45, 2.75) is 13.5 Å². The van der Waals surface area contributed by atoms with Crippen LogP contribution in [0, 0.1) is 6.92 Å². The van der Waals surface area contributed by atoms with E-state index in [1.807, 2.05) is 0 Å². The number of ether oxygens (including phenoxy) is 2. The smallest absolute Gasteiger partial charge is 0.375 e. The summed E-state index contributed by atoms with van der Waals surface area (Å²) >= 11 is 0. The normalized spacial score (nSPS) is 10.8. The second-order valence-electron chi connectivity index (χ2n) is 4.96. The summed E-state index contributed by atoms with van der Waals surface area (Å²) in [5, 5.41) is 0.773. The second-order valence-corrected chi connectivity index (χ2v) is 4.96. The van der Waals surface area contributed by atoms with Crippen LogP contribution in [-0.2, 0) is 11.3 Å². The highest BCUT2D eigenvalue weighted by Gasteiger charge is 2.20. The van der Waals surface area contributed by atoms with Crippen molar-refractivity contribution < 1.29 is 18.7 Å². The number of aromatic nitrogens is 3. The van der Waals surface area contributed by atoms with Crippen molar-refractivity contribution in [3.63, 3.8) is 0 Å². The average molecular weight is 329 g/mol. The highest BCUT2D eigenvalue weighted by molar-refractivity contribution is 5.96. The van der Waals surface area contributed by atoms with Gasteiger partial charge >= 0.3 is 5.97 Å². The Labute approximate surface area is 136 Å². The van der Waals surface area contributed by atoms with Gasteiger partial charge < -0.3 is 25.4 Å². The van der Waals surface area contributed by atoms with Gasteiger partial charge in [0.2, 0.25) is 17.7 Å². The molecule has 4 N–H and O–H groups in total. The van der Waals surface area contributed by atoms with Crippen LogP contribution in [0.25, 0.3) is 11.0 Å². The molecule has 9 nitrogen and oxygen atoms in total. The van der Waals surface area contributed by atoms with Crippen LogP contribution in [0.3, 0.4) is 0 Å².